The molecule has 5 heteroatoms. The third-order valence-electron chi connectivity index (χ3n) is 3.46. The van der Waals surface area contributed by atoms with E-state index in [4.69, 9.17) is 4.74 Å². The predicted octanol–water partition coefficient (Wildman–Crippen LogP) is 3.18. The average molecular weight is 300 g/mol. The monoisotopic (exact) mass is 300 g/mol. The Kier molecular flexibility index (Phi) is 3.66. The zero-order chi connectivity index (χ0) is 14.8. The van der Waals surface area contributed by atoms with Crippen LogP contribution in [0.5, 0.6) is 5.75 Å². The highest BCUT2D eigenvalue weighted by atomic mass is 32.1. The molecule has 1 aromatic carbocycles. The second-order valence-corrected chi connectivity index (χ2v) is 5.76. The Morgan fingerprint density at radius 2 is 2.24 bits per heavy atom. The van der Waals surface area contributed by atoms with Crippen LogP contribution in [0.2, 0.25) is 0 Å². The van der Waals surface area contributed by atoms with Gasteiger partial charge in [0.05, 0.1) is 12.0 Å². The fourth-order valence-electron chi connectivity index (χ4n) is 2.39. The van der Waals surface area contributed by atoms with Crippen LogP contribution in [0.15, 0.2) is 41.9 Å². The first kappa shape index (κ1) is 13.7. The van der Waals surface area contributed by atoms with Crippen LogP contribution >= 0.6 is 11.3 Å². The van der Waals surface area contributed by atoms with Crippen LogP contribution in [0.25, 0.3) is 10.9 Å². The molecule has 0 bridgehead atoms. The van der Waals surface area contributed by atoms with Crippen molar-refractivity contribution >= 4 is 28.1 Å². The number of fused-ring (bicyclic) bond motifs is 1. The molecule has 3 aromatic rings. The summed E-state index contributed by atoms with van der Waals surface area (Å²) in [6, 6.07) is 9.67. The van der Waals surface area contributed by atoms with Gasteiger partial charge in [-0.1, -0.05) is 6.07 Å². The third-order valence-corrected chi connectivity index (χ3v) is 4.33. The smallest absolute Gasteiger partial charge is 0.261 e. The van der Waals surface area contributed by atoms with Crippen molar-refractivity contribution in [1.82, 2.24) is 9.88 Å². The summed E-state index contributed by atoms with van der Waals surface area (Å²) in [6.45, 7) is 0.501. The second-order valence-electron chi connectivity index (χ2n) is 4.81. The summed E-state index contributed by atoms with van der Waals surface area (Å²) in [5.41, 5.74) is 2.20. The van der Waals surface area contributed by atoms with Gasteiger partial charge in [0.2, 0.25) is 0 Å². The maximum absolute atomic E-state index is 12.0. The van der Waals surface area contributed by atoms with E-state index in [1.807, 2.05) is 49.0 Å². The van der Waals surface area contributed by atoms with Crippen LogP contribution in [-0.4, -0.2) is 17.6 Å². The van der Waals surface area contributed by atoms with Crippen LogP contribution in [0, 0.1) is 0 Å². The standard InChI is InChI=1S/C16H16N2O2S/c1-18-10-11(9-17-16(19)15-4-3-7-21-15)13-8-12(20-2)5-6-14(13)18/h3-8,10H,9H2,1-2H3,(H,17,19). The molecule has 0 radical (unpaired) electrons. The Morgan fingerprint density at radius 1 is 1.38 bits per heavy atom. The van der Waals surface area contributed by atoms with Crippen molar-refractivity contribution in [1.29, 1.82) is 0 Å². The molecular formula is C16H16N2O2S. The molecule has 1 N–H and O–H groups in total. The van der Waals surface area contributed by atoms with Gasteiger partial charge < -0.3 is 14.6 Å². The van der Waals surface area contributed by atoms with Crippen LogP contribution in [0.3, 0.4) is 0 Å². The number of amides is 1. The summed E-state index contributed by atoms with van der Waals surface area (Å²) >= 11 is 1.44. The molecule has 0 aliphatic carbocycles. The van der Waals surface area contributed by atoms with Crippen molar-refractivity contribution in [3.05, 3.63) is 52.3 Å². The van der Waals surface area contributed by atoms with Gasteiger partial charge in [0.25, 0.3) is 5.91 Å². The Balaban J connectivity index is 1.85. The minimum Gasteiger partial charge on any atom is -0.497 e. The number of carbonyl (C=O) groups excluding carboxylic acids is 1. The summed E-state index contributed by atoms with van der Waals surface area (Å²) < 4.78 is 7.33. The number of rotatable bonds is 4. The van der Waals surface area contributed by atoms with Gasteiger partial charge in [-0.2, -0.15) is 0 Å². The van der Waals surface area contributed by atoms with Gasteiger partial charge in [-0.15, -0.1) is 11.3 Å². The molecule has 4 nitrogen and oxygen atoms in total. The van der Waals surface area contributed by atoms with Gasteiger partial charge in [-0.3, -0.25) is 4.79 Å². The number of nitrogens with one attached hydrogen (secondary N) is 1. The van der Waals surface area contributed by atoms with E-state index in [9.17, 15) is 4.79 Å². The molecule has 0 atom stereocenters. The highest BCUT2D eigenvalue weighted by molar-refractivity contribution is 7.12. The second kappa shape index (κ2) is 5.61. The molecule has 2 heterocycles. The minimum absolute atomic E-state index is 0.0371. The zero-order valence-electron chi connectivity index (χ0n) is 11.9. The molecule has 21 heavy (non-hydrogen) atoms. The molecule has 0 aliphatic rings. The summed E-state index contributed by atoms with van der Waals surface area (Å²) in [6.07, 6.45) is 2.04. The van der Waals surface area contributed by atoms with Crippen molar-refractivity contribution in [3.8, 4) is 5.75 Å². The van der Waals surface area contributed by atoms with Gasteiger partial charge in [-0.05, 0) is 35.2 Å². The Morgan fingerprint density at radius 3 is 2.95 bits per heavy atom. The first-order valence-electron chi connectivity index (χ1n) is 6.62. The van der Waals surface area contributed by atoms with E-state index >= 15 is 0 Å². The molecule has 3 rings (SSSR count). The number of thiophene rings is 1. The Bertz CT molecular complexity index is 775. The van der Waals surface area contributed by atoms with Crippen molar-refractivity contribution in [3.63, 3.8) is 0 Å². The highest BCUT2D eigenvalue weighted by Crippen LogP contribution is 2.25. The van der Waals surface area contributed by atoms with Crippen LogP contribution in [0.1, 0.15) is 15.2 Å². The lowest BCUT2D eigenvalue weighted by molar-refractivity contribution is 0.0955. The summed E-state index contributed by atoms with van der Waals surface area (Å²) in [5, 5.41) is 5.96. The van der Waals surface area contributed by atoms with E-state index in [1.54, 1.807) is 7.11 Å². The van der Waals surface area contributed by atoms with E-state index in [-0.39, 0.29) is 5.91 Å². The van der Waals surface area contributed by atoms with Crippen molar-refractivity contribution in [2.75, 3.05) is 7.11 Å². The molecule has 0 unspecified atom stereocenters. The number of aryl methyl sites for hydroxylation is 1. The normalized spacial score (nSPS) is 10.8. The lowest BCUT2D eigenvalue weighted by Crippen LogP contribution is -2.21. The molecule has 0 saturated carbocycles. The molecule has 0 spiro atoms. The Labute approximate surface area is 127 Å². The first-order valence-corrected chi connectivity index (χ1v) is 7.50. The summed E-state index contributed by atoms with van der Waals surface area (Å²) in [7, 11) is 3.65. The number of methoxy groups -OCH3 is 1. The maximum atomic E-state index is 12.0. The van der Waals surface area contributed by atoms with E-state index < -0.39 is 0 Å². The number of benzene rings is 1. The quantitative estimate of drug-likeness (QED) is 0.804. The largest absolute Gasteiger partial charge is 0.497 e. The molecule has 1 amide bonds. The van der Waals surface area contributed by atoms with Crippen LogP contribution in [-0.2, 0) is 13.6 Å². The van der Waals surface area contributed by atoms with E-state index in [1.165, 1.54) is 11.3 Å². The fourth-order valence-corrected chi connectivity index (χ4v) is 3.03. The lowest BCUT2D eigenvalue weighted by atomic mass is 10.1. The fraction of sp³-hybridized carbons (Fsp3) is 0.188. The lowest BCUT2D eigenvalue weighted by Gasteiger charge is -2.04. The SMILES string of the molecule is COc1ccc2c(c1)c(CNC(=O)c1cccs1)cn2C. The Hall–Kier alpha value is -2.27. The van der Waals surface area contributed by atoms with Gasteiger partial charge in [0, 0.05) is 30.7 Å². The number of carbonyl (C=O) groups is 1. The van der Waals surface area contributed by atoms with E-state index in [2.05, 4.69) is 9.88 Å². The molecule has 0 fully saturated rings. The van der Waals surface area contributed by atoms with E-state index in [0.717, 1.165) is 27.1 Å². The van der Waals surface area contributed by atoms with Crippen molar-refractivity contribution < 1.29 is 9.53 Å². The van der Waals surface area contributed by atoms with Crippen molar-refractivity contribution in [2.45, 2.75) is 6.54 Å². The minimum atomic E-state index is -0.0371. The molecule has 108 valence electrons. The van der Waals surface area contributed by atoms with Crippen molar-refractivity contribution in [2.24, 2.45) is 7.05 Å². The topological polar surface area (TPSA) is 43.3 Å². The number of nitrogens with zero attached hydrogens (tertiary/aromatic N) is 1. The first-order chi connectivity index (χ1) is 10.2. The summed E-state index contributed by atoms with van der Waals surface area (Å²) in [4.78, 5) is 12.7. The van der Waals surface area contributed by atoms with Gasteiger partial charge in [-0.25, -0.2) is 0 Å². The summed E-state index contributed by atoms with van der Waals surface area (Å²) in [5.74, 6) is 0.782. The number of aromatic nitrogens is 1. The van der Waals surface area contributed by atoms with Crippen LogP contribution in [0.4, 0.5) is 0 Å². The number of hydrogen-bond acceptors (Lipinski definition) is 3. The number of hydrogen-bond donors (Lipinski definition) is 1. The molecule has 2 aromatic heterocycles. The molecule has 0 aliphatic heterocycles. The molecule has 0 saturated heterocycles. The highest BCUT2D eigenvalue weighted by Gasteiger charge is 2.10. The van der Waals surface area contributed by atoms with Crippen LogP contribution < -0.4 is 10.1 Å². The van der Waals surface area contributed by atoms with Gasteiger partial charge in [0.15, 0.2) is 0 Å². The van der Waals surface area contributed by atoms with Gasteiger partial charge in [0.1, 0.15) is 5.75 Å². The number of ether oxygens (including phenoxy) is 1. The average Bonchev–Trinajstić information content (AvgIpc) is 3.13. The van der Waals surface area contributed by atoms with Gasteiger partial charge >= 0.3 is 0 Å². The maximum Gasteiger partial charge on any atom is 0.261 e. The molecular weight excluding hydrogens is 284 g/mol. The van der Waals surface area contributed by atoms with E-state index in [0.29, 0.717) is 6.54 Å². The zero-order valence-corrected chi connectivity index (χ0v) is 12.7. The predicted molar refractivity (Wildman–Crippen MR) is 85.0 cm³/mol. The third kappa shape index (κ3) is 2.64.